The van der Waals surface area contributed by atoms with Gasteiger partial charge >= 0.3 is 5.97 Å². The summed E-state index contributed by atoms with van der Waals surface area (Å²) in [4.78, 5) is 25.5. The van der Waals surface area contributed by atoms with Gasteiger partial charge in [-0.05, 0) is 32.4 Å². The molecular weight excluding hydrogens is 290 g/mol. The average Bonchev–Trinajstić information content (AvgIpc) is 2.58. The molecule has 1 fully saturated rings. The molecule has 0 amide bonds. The van der Waals surface area contributed by atoms with Gasteiger partial charge in [-0.2, -0.15) is 0 Å². The fraction of sp³-hybridized carbons (Fsp3) is 0.474. The molecule has 1 aromatic rings. The highest BCUT2D eigenvalue weighted by Crippen LogP contribution is 2.40. The van der Waals surface area contributed by atoms with Gasteiger partial charge in [-0.25, -0.2) is 0 Å². The number of hydrogen-bond acceptors (Lipinski definition) is 4. The second-order valence-corrected chi connectivity index (χ2v) is 5.60. The number of rotatable bonds is 5. The molecule has 23 heavy (non-hydrogen) atoms. The van der Waals surface area contributed by atoms with Crippen LogP contribution in [-0.2, 0) is 19.9 Å². The van der Waals surface area contributed by atoms with Crippen LogP contribution in [0.1, 0.15) is 38.2 Å². The zero-order valence-electron chi connectivity index (χ0n) is 14.2. The Labute approximate surface area is 139 Å². The van der Waals surface area contributed by atoms with Gasteiger partial charge in [-0.1, -0.05) is 30.3 Å². The summed E-state index contributed by atoms with van der Waals surface area (Å²) in [6.07, 6.45) is 2.65. The van der Waals surface area contributed by atoms with E-state index in [9.17, 15) is 9.59 Å². The quantitative estimate of drug-likeness (QED) is 0.617. The number of nitrogens with zero attached hydrogens (tertiary/aromatic N) is 1. The average molecular weight is 317 g/mol. The van der Waals surface area contributed by atoms with Crippen LogP contribution in [0, 0.1) is 0 Å². The van der Waals surface area contributed by atoms with Gasteiger partial charge in [0.25, 0.3) is 0 Å². The maximum Gasteiger partial charge on any atom is 0.320 e. The predicted molar refractivity (Wildman–Crippen MR) is 92.1 cm³/mol. The first-order chi connectivity index (χ1) is 11.1. The van der Waals surface area contributed by atoms with Crippen LogP contribution in [0.2, 0.25) is 0 Å². The molecular formula is C19H27NO3. The third kappa shape index (κ3) is 4.76. The van der Waals surface area contributed by atoms with Crippen molar-refractivity contribution in [1.82, 2.24) is 4.90 Å². The summed E-state index contributed by atoms with van der Waals surface area (Å²) in [5.74, 6) is 0.0956. The molecule has 0 bridgehead atoms. The van der Waals surface area contributed by atoms with Crippen molar-refractivity contribution in [3.63, 3.8) is 0 Å². The van der Waals surface area contributed by atoms with E-state index >= 15 is 0 Å². The third-order valence-electron chi connectivity index (χ3n) is 4.35. The van der Waals surface area contributed by atoms with Crippen molar-refractivity contribution in [1.29, 1.82) is 0 Å². The van der Waals surface area contributed by atoms with Gasteiger partial charge in [-0.3, -0.25) is 14.5 Å². The van der Waals surface area contributed by atoms with Crippen molar-refractivity contribution in [2.24, 2.45) is 0 Å². The van der Waals surface area contributed by atoms with Gasteiger partial charge in [0, 0.05) is 18.4 Å². The van der Waals surface area contributed by atoms with Gasteiger partial charge in [-0.15, -0.1) is 13.2 Å². The summed E-state index contributed by atoms with van der Waals surface area (Å²) in [6, 6.07) is 10.2. The first kappa shape index (κ1) is 19.1. The molecule has 0 atom stereocenters. The number of carbonyl (C=O) groups excluding carboxylic acids is 2. The van der Waals surface area contributed by atoms with Crippen LogP contribution in [0.5, 0.6) is 0 Å². The third-order valence-corrected chi connectivity index (χ3v) is 4.35. The standard InChI is InChI=1S/C17H23NO3.C2H4/c1-3-21-16(20)13-18(2)17(11-9-15(19)10-12-17)14-7-5-4-6-8-14;1-2/h4-8H,3,9-13H2,1-2H3;1-2H2. The highest BCUT2D eigenvalue weighted by Gasteiger charge is 2.40. The topological polar surface area (TPSA) is 46.6 Å². The molecule has 0 heterocycles. The van der Waals surface area contributed by atoms with Gasteiger partial charge in [0.05, 0.1) is 13.2 Å². The number of Topliss-reactive ketones (excluding diaryl/α,β-unsaturated/α-hetero) is 1. The van der Waals surface area contributed by atoms with E-state index < -0.39 is 0 Å². The minimum atomic E-state index is -0.248. The molecule has 1 aliphatic rings. The molecule has 0 unspecified atom stereocenters. The van der Waals surface area contributed by atoms with Gasteiger partial charge < -0.3 is 4.74 Å². The highest BCUT2D eigenvalue weighted by atomic mass is 16.5. The Morgan fingerprint density at radius 1 is 1.22 bits per heavy atom. The number of ketones is 1. The number of esters is 1. The maximum atomic E-state index is 11.8. The Hall–Kier alpha value is -1.94. The largest absolute Gasteiger partial charge is 0.465 e. The fourth-order valence-corrected chi connectivity index (χ4v) is 3.13. The van der Waals surface area contributed by atoms with Crippen molar-refractivity contribution in [2.45, 2.75) is 38.1 Å². The smallest absolute Gasteiger partial charge is 0.320 e. The number of benzene rings is 1. The maximum absolute atomic E-state index is 11.8. The molecule has 1 saturated carbocycles. The van der Waals surface area contributed by atoms with Crippen LogP contribution in [0.15, 0.2) is 43.5 Å². The minimum Gasteiger partial charge on any atom is -0.465 e. The summed E-state index contributed by atoms with van der Waals surface area (Å²) in [6.45, 7) is 8.45. The van der Waals surface area contributed by atoms with Crippen molar-refractivity contribution in [3.8, 4) is 0 Å². The molecule has 0 spiro atoms. The summed E-state index contributed by atoms with van der Waals surface area (Å²) in [5.41, 5.74) is 0.923. The molecule has 0 N–H and O–H groups in total. The second-order valence-electron chi connectivity index (χ2n) is 5.60. The summed E-state index contributed by atoms with van der Waals surface area (Å²) in [5, 5.41) is 0. The minimum absolute atomic E-state index is 0.216. The highest BCUT2D eigenvalue weighted by molar-refractivity contribution is 5.79. The van der Waals surface area contributed by atoms with Gasteiger partial charge in [0.2, 0.25) is 0 Å². The van der Waals surface area contributed by atoms with E-state index in [1.807, 2.05) is 37.1 Å². The molecule has 0 saturated heterocycles. The van der Waals surface area contributed by atoms with Crippen LogP contribution >= 0.6 is 0 Å². The van der Waals surface area contributed by atoms with E-state index in [4.69, 9.17) is 4.74 Å². The van der Waals surface area contributed by atoms with E-state index in [0.717, 1.165) is 12.8 Å². The summed E-state index contributed by atoms with van der Waals surface area (Å²) < 4.78 is 5.06. The van der Waals surface area contributed by atoms with Crippen molar-refractivity contribution < 1.29 is 14.3 Å². The Kier molecular flexibility index (Phi) is 7.69. The Bertz CT molecular complexity index is 503. The molecule has 4 nitrogen and oxygen atoms in total. The van der Waals surface area contributed by atoms with Crippen molar-refractivity contribution in [3.05, 3.63) is 49.1 Å². The first-order valence-corrected chi connectivity index (χ1v) is 8.02. The molecule has 126 valence electrons. The van der Waals surface area contributed by atoms with E-state index in [-0.39, 0.29) is 18.1 Å². The summed E-state index contributed by atoms with van der Waals surface area (Å²) >= 11 is 0. The van der Waals surface area contributed by atoms with Crippen molar-refractivity contribution in [2.75, 3.05) is 20.2 Å². The normalized spacial score (nSPS) is 16.4. The monoisotopic (exact) mass is 317 g/mol. The Balaban J connectivity index is 0.00000127. The van der Waals surface area contributed by atoms with Gasteiger partial charge in [0.1, 0.15) is 5.78 Å². The number of ether oxygens (including phenoxy) is 1. The molecule has 2 rings (SSSR count). The van der Waals surface area contributed by atoms with Gasteiger partial charge in [0.15, 0.2) is 0 Å². The van der Waals surface area contributed by atoms with E-state index in [2.05, 4.69) is 25.3 Å². The molecule has 1 aliphatic carbocycles. The van der Waals surface area contributed by atoms with E-state index in [0.29, 0.717) is 25.2 Å². The lowest BCUT2D eigenvalue weighted by Crippen LogP contribution is -2.48. The first-order valence-electron chi connectivity index (χ1n) is 8.02. The van der Waals surface area contributed by atoms with Crippen LogP contribution in [0.4, 0.5) is 0 Å². The van der Waals surface area contributed by atoms with Crippen molar-refractivity contribution >= 4 is 11.8 Å². The molecule has 0 aromatic heterocycles. The van der Waals surface area contributed by atoms with Crippen LogP contribution in [-0.4, -0.2) is 36.9 Å². The van der Waals surface area contributed by atoms with Crippen LogP contribution in [0.25, 0.3) is 0 Å². The number of hydrogen-bond donors (Lipinski definition) is 0. The fourth-order valence-electron chi connectivity index (χ4n) is 3.13. The number of likely N-dealkylation sites (N-methyl/N-ethyl adjacent to an activating group) is 1. The lowest BCUT2D eigenvalue weighted by molar-refractivity contribution is -0.146. The summed E-state index contributed by atoms with van der Waals surface area (Å²) in [7, 11) is 1.94. The lowest BCUT2D eigenvalue weighted by atomic mass is 9.75. The van der Waals surface area contributed by atoms with Crippen LogP contribution < -0.4 is 0 Å². The zero-order chi connectivity index (χ0) is 17.3. The zero-order valence-corrected chi connectivity index (χ0v) is 14.2. The lowest BCUT2D eigenvalue weighted by Gasteiger charge is -2.44. The van der Waals surface area contributed by atoms with E-state index in [1.54, 1.807) is 0 Å². The number of carbonyl (C=O) groups is 2. The molecule has 0 radical (unpaired) electrons. The van der Waals surface area contributed by atoms with Crippen LogP contribution in [0.3, 0.4) is 0 Å². The Morgan fingerprint density at radius 3 is 2.30 bits per heavy atom. The predicted octanol–water partition coefficient (Wildman–Crippen LogP) is 3.32. The molecule has 4 heteroatoms. The molecule has 1 aromatic carbocycles. The Morgan fingerprint density at radius 2 is 1.78 bits per heavy atom. The van der Waals surface area contributed by atoms with E-state index in [1.165, 1.54) is 5.56 Å². The second kappa shape index (κ2) is 9.26. The SMILES string of the molecule is C=C.CCOC(=O)CN(C)C1(c2ccccc2)CCC(=O)CC1. The molecule has 0 aliphatic heterocycles.